The Morgan fingerprint density at radius 1 is 1.29 bits per heavy atom. The molecule has 2 heterocycles. The van der Waals surface area contributed by atoms with Gasteiger partial charge < -0.3 is 19.1 Å². The molecule has 35 heavy (non-hydrogen) atoms. The molecule has 0 aliphatic carbocycles. The molecule has 13 nitrogen and oxygen atoms in total. The molecule has 0 saturated carbocycles. The number of carbonyl (C=O) groups is 1. The van der Waals surface area contributed by atoms with Crippen LogP contribution < -0.4 is 20.8 Å². The smallest absolute Gasteiger partial charge is 0.459 e. The Balaban J connectivity index is 1.70. The van der Waals surface area contributed by atoms with Crippen molar-refractivity contribution in [2.75, 3.05) is 12.1 Å². The number of hydrogen-bond acceptors (Lipinski definition) is 11. The van der Waals surface area contributed by atoms with Crippen molar-refractivity contribution in [1.29, 1.82) is 0 Å². The summed E-state index contributed by atoms with van der Waals surface area (Å²) >= 11 is 0. The van der Waals surface area contributed by atoms with Gasteiger partial charge in [-0.1, -0.05) is 26.8 Å². The maximum absolute atomic E-state index is 13.5. The average molecular weight is 530 g/mol. The van der Waals surface area contributed by atoms with Crippen LogP contribution in [-0.4, -0.2) is 56.3 Å². The van der Waals surface area contributed by atoms with Crippen LogP contribution in [0.3, 0.4) is 0 Å². The quantitative estimate of drug-likeness (QED) is 0.190. The van der Waals surface area contributed by atoms with Gasteiger partial charge in [-0.25, -0.2) is 9.36 Å². The number of aromatic nitrogens is 2. The molecule has 192 valence electrons. The lowest BCUT2D eigenvalue weighted by molar-refractivity contribution is -0.149. The van der Waals surface area contributed by atoms with E-state index in [-0.39, 0.29) is 32.9 Å². The number of rotatable bonds is 11. The first kappa shape index (κ1) is 27.2. The number of benzene rings is 1. The summed E-state index contributed by atoms with van der Waals surface area (Å²) < 4.78 is 36.6. The molecular formula is C20H28N4O9P2. The normalized spacial score (nSPS) is 23.1. The zero-order valence-corrected chi connectivity index (χ0v) is 21.1. The number of aliphatic hydroxyl groups excluding tert-OH is 1. The van der Waals surface area contributed by atoms with Crippen molar-refractivity contribution in [1.82, 2.24) is 14.6 Å². The van der Waals surface area contributed by atoms with Gasteiger partial charge in [0, 0.05) is 6.20 Å². The molecule has 4 N–H and O–H groups in total. The Labute approximate surface area is 203 Å². The summed E-state index contributed by atoms with van der Waals surface area (Å²) in [5, 5.41) is 21.9. The van der Waals surface area contributed by atoms with Gasteiger partial charge >= 0.3 is 19.4 Å². The van der Waals surface area contributed by atoms with E-state index in [0.29, 0.717) is 0 Å². The summed E-state index contributed by atoms with van der Waals surface area (Å²) in [5.41, 5.74) is 1.01. The predicted octanol–water partition coefficient (Wildman–Crippen LogP) is 2.03. The van der Waals surface area contributed by atoms with E-state index in [2.05, 4.69) is 10.1 Å². The molecule has 2 aromatic rings. The van der Waals surface area contributed by atoms with E-state index < -0.39 is 43.4 Å². The van der Waals surface area contributed by atoms with E-state index >= 15 is 0 Å². The van der Waals surface area contributed by atoms with Crippen molar-refractivity contribution in [2.45, 2.75) is 50.8 Å². The van der Waals surface area contributed by atoms with E-state index in [1.807, 2.05) is 0 Å². The van der Waals surface area contributed by atoms with Crippen LogP contribution in [0.1, 0.15) is 27.0 Å². The van der Waals surface area contributed by atoms with Gasteiger partial charge in [-0.05, 0) is 39.0 Å². The highest BCUT2D eigenvalue weighted by atomic mass is 31.2. The fourth-order valence-corrected chi connectivity index (χ4v) is 5.84. The second-order valence-electron chi connectivity index (χ2n) is 7.78. The minimum Gasteiger partial charge on any atom is -0.462 e. The molecule has 0 amide bonds. The molecule has 1 saturated heterocycles. The van der Waals surface area contributed by atoms with Gasteiger partial charge in [0.1, 0.15) is 23.5 Å². The van der Waals surface area contributed by atoms with Crippen LogP contribution in [0.25, 0.3) is 0 Å². The molecule has 1 aliphatic rings. The van der Waals surface area contributed by atoms with E-state index in [1.54, 1.807) is 49.7 Å². The summed E-state index contributed by atoms with van der Waals surface area (Å²) in [6.45, 7) is 4.58. The lowest BCUT2D eigenvalue weighted by Crippen LogP contribution is -2.36. The van der Waals surface area contributed by atoms with E-state index in [0.717, 1.165) is 4.57 Å². The topological polar surface area (TPSA) is 170 Å². The first-order chi connectivity index (χ1) is 16.6. The molecular weight excluding hydrogens is 502 g/mol. The summed E-state index contributed by atoms with van der Waals surface area (Å²) in [4.78, 5) is 28.0. The molecule has 1 aromatic carbocycles. The summed E-state index contributed by atoms with van der Waals surface area (Å²) in [6.07, 6.45) is -0.117. The second kappa shape index (κ2) is 12.0. The largest absolute Gasteiger partial charge is 0.462 e. The standard InChI is InChI=1S/C20H28N4O9P2/c1-12(2)31-18(25)13(3)23-35(29,33-14-7-5-4-6-8-14)30-11-16-32-17(19(26)34-16)24-10-9-15(22-28)21-20(24)27/h4-10,12-13,16-17,19,26,28,34H,11H2,1-3H3,(H,23,29)(H,21,22,27)/t13-,16-,17?,19-,35?/m0/s1. The molecule has 6 atom stereocenters. The third-order valence-electron chi connectivity index (χ3n) is 4.57. The van der Waals surface area contributed by atoms with Crippen LogP contribution in [0.2, 0.25) is 0 Å². The fourth-order valence-electron chi connectivity index (χ4n) is 3.03. The van der Waals surface area contributed by atoms with Crippen LogP contribution in [0.15, 0.2) is 47.4 Å². The second-order valence-corrected chi connectivity index (χ2v) is 11.0. The third kappa shape index (κ3) is 7.55. The van der Waals surface area contributed by atoms with Gasteiger partial charge in [0.05, 0.1) is 12.7 Å². The molecule has 0 bridgehead atoms. The van der Waals surface area contributed by atoms with E-state index in [9.17, 15) is 19.3 Å². The number of hydrogen-bond donors (Lipinski definition) is 4. The molecule has 1 aromatic heterocycles. The first-order valence-electron chi connectivity index (χ1n) is 10.7. The van der Waals surface area contributed by atoms with Gasteiger partial charge in [-0.3, -0.25) is 24.6 Å². The highest BCUT2D eigenvalue weighted by Crippen LogP contribution is 2.48. The Kier molecular flexibility index (Phi) is 9.37. The van der Waals surface area contributed by atoms with Crippen molar-refractivity contribution < 1.29 is 38.2 Å². The van der Waals surface area contributed by atoms with Crippen molar-refractivity contribution >= 4 is 28.1 Å². The maximum atomic E-state index is 13.5. The van der Waals surface area contributed by atoms with Gasteiger partial charge in [-0.15, -0.1) is 0 Å². The molecule has 0 radical (unpaired) electrons. The number of anilines is 1. The van der Waals surface area contributed by atoms with Gasteiger partial charge in [-0.2, -0.15) is 10.1 Å². The minimum absolute atomic E-state index is 0.0590. The van der Waals surface area contributed by atoms with Crippen LogP contribution in [0.5, 0.6) is 5.75 Å². The first-order valence-corrected chi connectivity index (χ1v) is 13.4. The SMILES string of the molecule is CC(C)OC(=O)[C@H](C)NP(=O)(OC[C@H]1OC(n2ccc(NO)nc2=O)[C@@H](O)P1)Oc1ccccc1. The van der Waals surface area contributed by atoms with Crippen LogP contribution in [0, 0.1) is 0 Å². The molecule has 0 spiro atoms. The van der Waals surface area contributed by atoms with Gasteiger partial charge in [0.15, 0.2) is 12.0 Å². The predicted molar refractivity (Wildman–Crippen MR) is 127 cm³/mol. The van der Waals surface area contributed by atoms with Gasteiger partial charge in [0.2, 0.25) is 0 Å². The number of carbonyl (C=O) groups excluding carboxylic acids is 1. The zero-order chi connectivity index (χ0) is 25.6. The highest BCUT2D eigenvalue weighted by molar-refractivity contribution is 7.52. The molecule has 1 fully saturated rings. The minimum atomic E-state index is -4.10. The van der Waals surface area contributed by atoms with E-state index in [4.69, 9.17) is 23.7 Å². The summed E-state index contributed by atoms with van der Waals surface area (Å²) in [6, 6.07) is 8.58. The van der Waals surface area contributed by atoms with Crippen molar-refractivity contribution in [3.8, 4) is 5.75 Å². The van der Waals surface area contributed by atoms with Gasteiger partial charge in [0.25, 0.3) is 0 Å². The Bertz CT molecular complexity index is 1100. The highest BCUT2D eigenvalue weighted by Gasteiger charge is 2.39. The number of para-hydroxylation sites is 1. The van der Waals surface area contributed by atoms with Crippen molar-refractivity contribution in [2.24, 2.45) is 0 Å². The Hall–Kier alpha value is -2.37. The molecule has 15 heteroatoms. The lowest BCUT2D eigenvalue weighted by Gasteiger charge is -2.24. The number of nitrogens with zero attached hydrogens (tertiary/aromatic N) is 2. The monoisotopic (exact) mass is 530 g/mol. The fraction of sp³-hybridized carbons (Fsp3) is 0.450. The van der Waals surface area contributed by atoms with Crippen LogP contribution >= 0.6 is 16.3 Å². The van der Waals surface area contributed by atoms with E-state index in [1.165, 1.54) is 19.2 Å². The molecule has 3 unspecified atom stereocenters. The maximum Gasteiger partial charge on any atom is 0.459 e. The Morgan fingerprint density at radius 2 is 2.00 bits per heavy atom. The molecule has 3 rings (SSSR count). The van der Waals surface area contributed by atoms with Crippen molar-refractivity contribution in [3.05, 3.63) is 53.1 Å². The zero-order valence-electron chi connectivity index (χ0n) is 19.2. The number of ether oxygens (including phenoxy) is 2. The molecule has 1 aliphatic heterocycles. The summed E-state index contributed by atoms with van der Waals surface area (Å²) in [5.74, 6) is -2.24. The average Bonchev–Trinajstić information content (AvgIpc) is 3.18. The Morgan fingerprint density at radius 3 is 2.63 bits per heavy atom. The number of nitrogens with one attached hydrogen (secondary N) is 2. The lowest BCUT2D eigenvalue weighted by atomic mass is 10.3. The number of aliphatic hydroxyl groups is 1. The van der Waals surface area contributed by atoms with Crippen LogP contribution in [0.4, 0.5) is 5.82 Å². The third-order valence-corrected chi connectivity index (χ3v) is 7.52. The van der Waals surface area contributed by atoms with Crippen LogP contribution in [-0.2, 0) is 23.4 Å². The van der Waals surface area contributed by atoms with Crippen molar-refractivity contribution in [3.63, 3.8) is 0 Å². The summed E-state index contributed by atoms with van der Waals surface area (Å²) in [7, 11) is -4.33. The number of esters is 1.